The van der Waals surface area contributed by atoms with Crippen LogP contribution in [0.1, 0.15) is 12.8 Å². The van der Waals surface area contributed by atoms with Crippen molar-refractivity contribution in [1.82, 2.24) is 20.2 Å². The third-order valence-corrected chi connectivity index (χ3v) is 4.28. The lowest BCUT2D eigenvalue weighted by Crippen LogP contribution is -2.37. The predicted octanol–water partition coefficient (Wildman–Crippen LogP) is 0.326. The highest BCUT2D eigenvalue weighted by Gasteiger charge is 2.16. The summed E-state index contributed by atoms with van der Waals surface area (Å²) in [5.41, 5.74) is -0.0772. The van der Waals surface area contributed by atoms with E-state index in [1.54, 1.807) is 6.07 Å². The second-order valence-corrected chi connectivity index (χ2v) is 5.78. The standard InChI is InChI=1S/C13H16N4O2S/c18-11(16-9-1-4-14-7-9)2-5-17-8-15-12-10(13(17)19)3-6-20-12/h3,6,8-9,14H,1-2,4-5,7H2,(H,16,18). The number of nitrogens with one attached hydrogen (secondary N) is 2. The number of carbonyl (C=O) groups excluding carboxylic acids is 1. The fourth-order valence-corrected chi connectivity index (χ4v) is 3.08. The van der Waals surface area contributed by atoms with Crippen molar-refractivity contribution in [2.24, 2.45) is 0 Å². The van der Waals surface area contributed by atoms with Crippen molar-refractivity contribution in [3.8, 4) is 0 Å². The van der Waals surface area contributed by atoms with E-state index < -0.39 is 0 Å². The van der Waals surface area contributed by atoms with Gasteiger partial charge in [0, 0.05) is 25.6 Å². The molecule has 20 heavy (non-hydrogen) atoms. The highest BCUT2D eigenvalue weighted by Crippen LogP contribution is 2.13. The van der Waals surface area contributed by atoms with E-state index in [1.807, 2.05) is 5.38 Å². The van der Waals surface area contributed by atoms with Gasteiger partial charge in [-0.1, -0.05) is 0 Å². The van der Waals surface area contributed by atoms with Gasteiger partial charge in [-0.25, -0.2) is 4.98 Å². The molecular formula is C13H16N4O2S. The number of hydrogen-bond donors (Lipinski definition) is 2. The number of rotatable bonds is 4. The molecule has 0 aliphatic carbocycles. The molecule has 2 N–H and O–H groups in total. The summed E-state index contributed by atoms with van der Waals surface area (Å²) in [7, 11) is 0. The monoisotopic (exact) mass is 292 g/mol. The lowest BCUT2D eigenvalue weighted by Gasteiger charge is -2.11. The Hall–Kier alpha value is -1.73. The Kier molecular flexibility index (Phi) is 3.79. The molecule has 1 fully saturated rings. The third-order valence-electron chi connectivity index (χ3n) is 3.46. The van der Waals surface area contributed by atoms with Gasteiger partial charge in [0.15, 0.2) is 0 Å². The molecule has 106 valence electrons. The van der Waals surface area contributed by atoms with Crippen LogP contribution < -0.4 is 16.2 Å². The summed E-state index contributed by atoms with van der Waals surface area (Å²) < 4.78 is 1.50. The third kappa shape index (κ3) is 2.73. The first kappa shape index (κ1) is 13.3. The van der Waals surface area contributed by atoms with Gasteiger partial charge in [0.1, 0.15) is 4.83 Å². The van der Waals surface area contributed by atoms with Crippen molar-refractivity contribution in [2.75, 3.05) is 13.1 Å². The Bertz CT molecular complexity index is 672. The summed E-state index contributed by atoms with van der Waals surface area (Å²) in [6.45, 7) is 2.14. The quantitative estimate of drug-likeness (QED) is 0.851. The van der Waals surface area contributed by atoms with Gasteiger partial charge in [-0.2, -0.15) is 0 Å². The van der Waals surface area contributed by atoms with Gasteiger partial charge in [0.2, 0.25) is 5.91 Å². The van der Waals surface area contributed by atoms with Crippen molar-refractivity contribution >= 4 is 27.5 Å². The predicted molar refractivity (Wildman–Crippen MR) is 77.9 cm³/mol. The molecule has 1 atom stereocenters. The van der Waals surface area contributed by atoms with Gasteiger partial charge in [-0.15, -0.1) is 11.3 Å². The SMILES string of the molecule is O=C(CCn1cnc2sccc2c1=O)NC1CCNC1. The van der Waals surface area contributed by atoms with Gasteiger partial charge < -0.3 is 10.6 Å². The van der Waals surface area contributed by atoms with Crippen LogP contribution in [0.3, 0.4) is 0 Å². The zero-order chi connectivity index (χ0) is 13.9. The van der Waals surface area contributed by atoms with Crippen molar-refractivity contribution < 1.29 is 4.79 Å². The molecule has 1 saturated heterocycles. The molecule has 6 nitrogen and oxygen atoms in total. The fourth-order valence-electron chi connectivity index (χ4n) is 2.35. The van der Waals surface area contributed by atoms with Crippen LogP contribution in [0, 0.1) is 0 Å². The molecular weight excluding hydrogens is 276 g/mol. The second kappa shape index (κ2) is 5.72. The van der Waals surface area contributed by atoms with E-state index in [9.17, 15) is 9.59 Å². The van der Waals surface area contributed by atoms with Crippen molar-refractivity contribution in [3.63, 3.8) is 0 Å². The normalized spacial score (nSPS) is 18.5. The minimum atomic E-state index is -0.0772. The smallest absolute Gasteiger partial charge is 0.262 e. The summed E-state index contributed by atoms with van der Waals surface area (Å²) >= 11 is 1.45. The first-order chi connectivity index (χ1) is 9.74. The summed E-state index contributed by atoms with van der Waals surface area (Å²) in [5.74, 6) is -0.0176. The van der Waals surface area contributed by atoms with Crippen LogP contribution in [0.25, 0.3) is 10.2 Å². The Morgan fingerprint density at radius 3 is 3.30 bits per heavy atom. The molecule has 0 radical (unpaired) electrons. The van der Waals surface area contributed by atoms with Gasteiger partial charge in [-0.05, 0) is 24.4 Å². The minimum Gasteiger partial charge on any atom is -0.352 e. The zero-order valence-electron chi connectivity index (χ0n) is 11.0. The van der Waals surface area contributed by atoms with Gasteiger partial charge in [-0.3, -0.25) is 14.2 Å². The van der Waals surface area contributed by atoms with Gasteiger partial charge in [0.25, 0.3) is 5.56 Å². The summed E-state index contributed by atoms with van der Waals surface area (Å²) in [4.78, 5) is 28.9. The van der Waals surface area contributed by atoms with Crippen molar-refractivity contribution in [1.29, 1.82) is 0 Å². The molecule has 1 aliphatic rings. The van der Waals surface area contributed by atoms with Crippen LogP contribution >= 0.6 is 11.3 Å². The maximum absolute atomic E-state index is 12.1. The Balaban J connectivity index is 1.63. The maximum atomic E-state index is 12.1. The van der Waals surface area contributed by atoms with Gasteiger partial charge >= 0.3 is 0 Å². The largest absolute Gasteiger partial charge is 0.352 e. The van der Waals surface area contributed by atoms with E-state index in [4.69, 9.17) is 0 Å². The molecule has 2 aromatic rings. The van der Waals surface area contributed by atoms with Gasteiger partial charge in [0.05, 0.1) is 11.7 Å². The maximum Gasteiger partial charge on any atom is 0.262 e. The summed E-state index contributed by atoms with van der Waals surface area (Å²) in [6.07, 6.45) is 2.79. The Labute approximate surface area is 119 Å². The van der Waals surface area contributed by atoms with E-state index in [-0.39, 0.29) is 17.5 Å². The number of fused-ring (bicyclic) bond motifs is 1. The van der Waals surface area contributed by atoms with Crippen LogP contribution in [0.2, 0.25) is 0 Å². The molecule has 1 unspecified atom stereocenters. The highest BCUT2D eigenvalue weighted by molar-refractivity contribution is 7.16. The molecule has 3 heterocycles. The minimum absolute atomic E-state index is 0.0176. The molecule has 0 saturated carbocycles. The average Bonchev–Trinajstić information content (AvgIpc) is 3.09. The van der Waals surface area contributed by atoms with Crippen molar-refractivity contribution in [3.05, 3.63) is 28.1 Å². The lowest BCUT2D eigenvalue weighted by atomic mass is 10.2. The number of amides is 1. The molecule has 3 rings (SSSR count). The fraction of sp³-hybridized carbons (Fsp3) is 0.462. The number of aryl methyl sites for hydroxylation is 1. The molecule has 2 aromatic heterocycles. The Morgan fingerprint density at radius 2 is 2.50 bits per heavy atom. The second-order valence-electron chi connectivity index (χ2n) is 4.89. The number of nitrogens with zero attached hydrogens (tertiary/aromatic N) is 2. The number of aromatic nitrogens is 2. The van der Waals surface area contributed by atoms with E-state index in [2.05, 4.69) is 15.6 Å². The number of carbonyl (C=O) groups is 1. The molecule has 0 aromatic carbocycles. The topological polar surface area (TPSA) is 76.0 Å². The average molecular weight is 292 g/mol. The van der Waals surface area contributed by atoms with Crippen molar-refractivity contribution in [2.45, 2.75) is 25.4 Å². The van der Waals surface area contributed by atoms with E-state index in [1.165, 1.54) is 22.2 Å². The van der Waals surface area contributed by atoms with Crippen LogP contribution in [0.15, 0.2) is 22.6 Å². The molecule has 1 aliphatic heterocycles. The summed E-state index contributed by atoms with van der Waals surface area (Å²) in [6, 6.07) is 1.99. The van der Waals surface area contributed by atoms with Crippen LogP contribution in [-0.2, 0) is 11.3 Å². The zero-order valence-corrected chi connectivity index (χ0v) is 11.8. The number of thiophene rings is 1. The molecule has 7 heteroatoms. The van der Waals surface area contributed by atoms with Crippen LogP contribution in [0.4, 0.5) is 0 Å². The molecule has 1 amide bonds. The summed E-state index contributed by atoms with van der Waals surface area (Å²) in [5, 5.41) is 8.64. The highest BCUT2D eigenvalue weighted by atomic mass is 32.1. The van der Waals surface area contributed by atoms with E-state index >= 15 is 0 Å². The molecule has 0 spiro atoms. The van der Waals surface area contributed by atoms with E-state index in [0.29, 0.717) is 18.4 Å². The van der Waals surface area contributed by atoms with Crippen LogP contribution in [-0.4, -0.2) is 34.6 Å². The Morgan fingerprint density at radius 1 is 1.60 bits per heavy atom. The lowest BCUT2D eigenvalue weighted by molar-refractivity contribution is -0.121. The van der Waals surface area contributed by atoms with E-state index in [0.717, 1.165) is 24.3 Å². The first-order valence-electron chi connectivity index (χ1n) is 6.67. The van der Waals surface area contributed by atoms with Crippen LogP contribution in [0.5, 0.6) is 0 Å². The first-order valence-corrected chi connectivity index (χ1v) is 7.55. The molecule has 0 bridgehead atoms. The number of hydrogen-bond acceptors (Lipinski definition) is 5.